The number of rotatable bonds is 5. The highest BCUT2D eigenvalue weighted by molar-refractivity contribution is 7.13. The molecule has 1 aromatic heterocycles. The van der Waals surface area contributed by atoms with E-state index in [4.69, 9.17) is 5.11 Å². The van der Waals surface area contributed by atoms with Crippen LogP contribution in [0, 0.1) is 16.0 Å². The number of hydrogen-bond donors (Lipinski definition) is 2. The molecule has 0 radical (unpaired) electrons. The fraction of sp³-hybridized carbons (Fsp3) is 0.400. The van der Waals surface area contributed by atoms with Gasteiger partial charge >= 0.3 is 11.0 Å². The summed E-state index contributed by atoms with van der Waals surface area (Å²) < 4.78 is 0. The maximum Gasteiger partial charge on any atom is 0.326 e. The minimum Gasteiger partial charge on any atom is -0.480 e. The monoisotopic (exact) mass is 272 g/mol. The van der Waals surface area contributed by atoms with Crippen molar-refractivity contribution >= 4 is 28.2 Å². The first kappa shape index (κ1) is 14.1. The van der Waals surface area contributed by atoms with Gasteiger partial charge in [-0.3, -0.25) is 14.9 Å². The predicted molar refractivity (Wildman–Crippen MR) is 64.7 cm³/mol. The van der Waals surface area contributed by atoms with Crippen LogP contribution < -0.4 is 5.32 Å². The van der Waals surface area contributed by atoms with Crippen LogP contribution in [0.3, 0.4) is 0 Å². The molecule has 1 atom stereocenters. The van der Waals surface area contributed by atoms with Crippen molar-refractivity contribution < 1.29 is 19.6 Å². The lowest BCUT2D eigenvalue weighted by molar-refractivity contribution is -0.380. The van der Waals surface area contributed by atoms with Crippen molar-refractivity contribution in [1.29, 1.82) is 0 Å². The van der Waals surface area contributed by atoms with E-state index in [0.29, 0.717) is 0 Å². The zero-order valence-electron chi connectivity index (χ0n) is 9.75. The Kier molecular flexibility index (Phi) is 4.38. The molecule has 7 nitrogen and oxygen atoms in total. The summed E-state index contributed by atoms with van der Waals surface area (Å²) in [4.78, 5) is 32.5. The minimum absolute atomic E-state index is 0.0959. The molecule has 0 saturated heterocycles. The van der Waals surface area contributed by atoms with Crippen molar-refractivity contribution in [2.45, 2.75) is 19.9 Å². The van der Waals surface area contributed by atoms with Gasteiger partial charge in [0.15, 0.2) is 0 Å². The van der Waals surface area contributed by atoms with Gasteiger partial charge in [0.2, 0.25) is 0 Å². The topological polar surface area (TPSA) is 110 Å². The molecule has 1 heterocycles. The van der Waals surface area contributed by atoms with Gasteiger partial charge in [0.25, 0.3) is 5.91 Å². The van der Waals surface area contributed by atoms with Gasteiger partial charge in [-0.15, -0.1) is 0 Å². The molecular weight excluding hydrogens is 260 g/mol. The molecule has 0 aliphatic carbocycles. The Bertz CT molecular complexity index is 482. The molecule has 2 N–H and O–H groups in total. The first-order valence-corrected chi connectivity index (χ1v) is 5.97. The van der Waals surface area contributed by atoms with E-state index in [0.717, 1.165) is 17.4 Å². The highest BCUT2D eigenvalue weighted by atomic mass is 32.1. The Morgan fingerprint density at radius 1 is 1.50 bits per heavy atom. The molecule has 0 spiro atoms. The van der Waals surface area contributed by atoms with Crippen LogP contribution in [0.15, 0.2) is 11.4 Å². The minimum atomic E-state index is -1.14. The molecule has 1 rings (SSSR count). The van der Waals surface area contributed by atoms with Crippen molar-refractivity contribution in [1.82, 2.24) is 5.32 Å². The lowest BCUT2D eigenvalue weighted by atomic mass is 10.0. The van der Waals surface area contributed by atoms with E-state index in [9.17, 15) is 19.7 Å². The lowest BCUT2D eigenvalue weighted by Gasteiger charge is -2.17. The van der Waals surface area contributed by atoms with E-state index in [1.807, 2.05) is 0 Å². The number of amides is 1. The number of thiophene rings is 1. The molecule has 0 unspecified atom stereocenters. The van der Waals surface area contributed by atoms with E-state index in [1.54, 1.807) is 13.8 Å². The van der Waals surface area contributed by atoms with E-state index < -0.39 is 22.8 Å². The van der Waals surface area contributed by atoms with Gasteiger partial charge in [0, 0.05) is 11.4 Å². The van der Waals surface area contributed by atoms with Gasteiger partial charge in [-0.25, -0.2) is 4.79 Å². The number of aliphatic carboxylic acids is 1. The van der Waals surface area contributed by atoms with Crippen LogP contribution >= 0.6 is 11.3 Å². The van der Waals surface area contributed by atoms with Crippen molar-refractivity contribution in [2.75, 3.05) is 0 Å². The van der Waals surface area contributed by atoms with E-state index in [2.05, 4.69) is 5.32 Å². The molecule has 18 heavy (non-hydrogen) atoms. The summed E-state index contributed by atoms with van der Waals surface area (Å²) in [6.45, 7) is 3.32. The SMILES string of the molecule is CC(C)[C@H](NC(=O)c1csc([N+](=O)[O-])c1)C(=O)O. The Morgan fingerprint density at radius 2 is 2.11 bits per heavy atom. The van der Waals surface area contributed by atoms with Crippen LogP contribution in [-0.4, -0.2) is 27.9 Å². The summed E-state index contributed by atoms with van der Waals surface area (Å²) in [5.41, 5.74) is 0.0959. The molecule has 1 aromatic rings. The molecule has 0 aromatic carbocycles. The lowest BCUT2D eigenvalue weighted by Crippen LogP contribution is -2.44. The number of hydrogen-bond acceptors (Lipinski definition) is 5. The average Bonchev–Trinajstić information content (AvgIpc) is 2.73. The highest BCUT2D eigenvalue weighted by Crippen LogP contribution is 2.22. The van der Waals surface area contributed by atoms with Gasteiger partial charge in [0.05, 0.1) is 10.5 Å². The molecule has 0 aliphatic heterocycles. The summed E-state index contributed by atoms with van der Waals surface area (Å²) in [7, 11) is 0. The molecule has 0 aliphatic rings. The van der Waals surface area contributed by atoms with Crippen molar-refractivity contribution in [3.05, 3.63) is 27.1 Å². The van der Waals surface area contributed by atoms with Gasteiger partial charge in [0.1, 0.15) is 6.04 Å². The summed E-state index contributed by atoms with van der Waals surface area (Å²) in [6, 6.07) is 0.107. The first-order valence-electron chi connectivity index (χ1n) is 5.09. The Hall–Kier alpha value is -1.96. The number of nitrogens with one attached hydrogen (secondary N) is 1. The van der Waals surface area contributed by atoms with Crippen LogP contribution in [0.25, 0.3) is 0 Å². The number of carbonyl (C=O) groups excluding carboxylic acids is 1. The second-order valence-corrected chi connectivity index (χ2v) is 4.85. The predicted octanol–water partition coefficient (Wildman–Crippen LogP) is 1.50. The molecule has 98 valence electrons. The highest BCUT2D eigenvalue weighted by Gasteiger charge is 2.25. The standard InChI is InChI=1S/C10H12N2O5S/c1-5(2)8(10(14)15)11-9(13)6-3-7(12(16)17)18-4-6/h3-5,8H,1-2H3,(H,11,13)(H,14,15)/t8-/m0/s1. The second kappa shape index (κ2) is 5.58. The first-order chi connectivity index (χ1) is 8.32. The normalized spacial score (nSPS) is 12.2. The van der Waals surface area contributed by atoms with Gasteiger partial charge in [-0.1, -0.05) is 25.2 Å². The smallest absolute Gasteiger partial charge is 0.326 e. The third kappa shape index (κ3) is 3.27. The fourth-order valence-corrected chi connectivity index (χ4v) is 1.98. The third-order valence-corrected chi connectivity index (χ3v) is 3.13. The number of carbonyl (C=O) groups is 2. The van der Waals surface area contributed by atoms with Gasteiger partial charge in [-0.05, 0) is 5.92 Å². The molecular formula is C10H12N2O5S. The van der Waals surface area contributed by atoms with Crippen molar-refractivity contribution in [2.24, 2.45) is 5.92 Å². The average molecular weight is 272 g/mol. The fourth-order valence-electron chi connectivity index (χ4n) is 1.28. The Morgan fingerprint density at radius 3 is 2.50 bits per heavy atom. The van der Waals surface area contributed by atoms with Crippen LogP contribution in [-0.2, 0) is 4.79 Å². The van der Waals surface area contributed by atoms with E-state index in [-0.39, 0.29) is 16.5 Å². The summed E-state index contributed by atoms with van der Waals surface area (Å²) >= 11 is 0.823. The van der Waals surface area contributed by atoms with Crippen molar-refractivity contribution in [3.63, 3.8) is 0 Å². The Balaban J connectivity index is 2.80. The second-order valence-electron chi connectivity index (χ2n) is 3.96. The number of nitro groups is 1. The summed E-state index contributed by atoms with van der Waals surface area (Å²) in [5.74, 6) is -2.04. The largest absolute Gasteiger partial charge is 0.480 e. The molecule has 0 fully saturated rings. The van der Waals surface area contributed by atoms with E-state index >= 15 is 0 Å². The number of carboxylic acid groups (broad SMARTS) is 1. The van der Waals surface area contributed by atoms with Crippen molar-refractivity contribution in [3.8, 4) is 0 Å². The number of carboxylic acids is 1. The molecule has 1 amide bonds. The zero-order valence-corrected chi connectivity index (χ0v) is 10.6. The maximum absolute atomic E-state index is 11.7. The maximum atomic E-state index is 11.7. The van der Waals surface area contributed by atoms with Crippen LogP contribution in [0.5, 0.6) is 0 Å². The van der Waals surface area contributed by atoms with Gasteiger partial charge in [-0.2, -0.15) is 0 Å². The van der Waals surface area contributed by atoms with Gasteiger partial charge < -0.3 is 10.4 Å². The third-order valence-electron chi connectivity index (χ3n) is 2.25. The molecule has 0 bridgehead atoms. The van der Waals surface area contributed by atoms with Crippen LogP contribution in [0.4, 0.5) is 5.00 Å². The zero-order chi connectivity index (χ0) is 13.9. The quantitative estimate of drug-likeness (QED) is 0.623. The summed E-state index contributed by atoms with van der Waals surface area (Å²) in [6.07, 6.45) is 0. The molecule has 8 heteroatoms. The summed E-state index contributed by atoms with van der Waals surface area (Å²) in [5, 5.41) is 22.9. The van der Waals surface area contributed by atoms with E-state index in [1.165, 1.54) is 5.38 Å². The van der Waals surface area contributed by atoms with Crippen LogP contribution in [0.1, 0.15) is 24.2 Å². The van der Waals surface area contributed by atoms with Crippen LogP contribution in [0.2, 0.25) is 0 Å². The number of nitrogens with zero attached hydrogens (tertiary/aromatic N) is 1. The molecule has 0 saturated carbocycles. The Labute approximate surface area is 107 Å².